The maximum absolute atomic E-state index is 11.9. The molecular weight excluding hydrogens is 263 g/mol. The van der Waals surface area contributed by atoms with Crippen molar-refractivity contribution in [1.29, 1.82) is 0 Å². The van der Waals surface area contributed by atoms with Crippen LogP contribution in [0.4, 0.5) is 0 Å². The van der Waals surface area contributed by atoms with Gasteiger partial charge in [0.1, 0.15) is 5.92 Å². The van der Waals surface area contributed by atoms with E-state index in [0.717, 1.165) is 0 Å². The predicted octanol–water partition coefficient (Wildman–Crippen LogP) is 3.38. The lowest BCUT2D eigenvalue weighted by Gasteiger charge is -2.10. The summed E-state index contributed by atoms with van der Waals surface area (Å²) < 4.78 is 4.78. The molecule has 0 aliphatic heterocycles. The van der Waals surface area contributed by atoms with E-state index in [2.05, 4.69) is 0 Å². The van der Waals surface area contributed by atoms with E-state index in [1.165, 1.54) is 25.1 Å². The highest BCUT2D eigenvalue weighted by atomic mass is 35.5. The van der Waals surface area contributed by atoms with Gasteiger partial charge in [-0.15, -0.1) is 0 Å². The third-order valence-corrected chi connectivity index (χ3v) is 2.62. The Morgan fingerprint density at radius 1 is 1.24 bits per heavy atom. The Bertz CT molecular complexity index is 423. The van der Waals surface area contributed by atoms with Crippen LogP contribution in [0.2, 0.25) is 10.0 Å². The van der Waals surface area contributed by atoms with Crippen molar-refractivity contribution in [3.63, 3.8) is 0 Å². The van der Waals surface area contributed by atoms with Crippen molar-refractivity contribution in [2.24, 2.45) is 5.92 Å². The SMILES string of the molecule is CCOC(=O)C(C)C(=O)c1cc(Cl)cc(Cl)c1. The Morgan fingerprint density at radius 3 is 2.24 bits per heavy atom. The highest BCUT2D eigenvalue weighted by molar-refractivity contribution is 6.35. The highest BCUT2D eigenvalue weighted by Gasteiger charge is 2.24. The molecule has 3 nitrogen and oxygen atoms in total. The summed E-state index contributed by atoms with van der Waals surface area (Å²) in [4.78, 5) is 23.4. The minimum absolute atomic E-state index is 0.243. The number of rotatable bonds is 4. The van der Waals surface area contributed by atoms with Crippen LogP contribution in [0.15, 0.2) is 18.2 Å². The van der Waals surface area contributed by atoms with Crippen molar-refractivity contribution in [2.45, 2.75) is 13.8 Å². The fourth-order valence-corrected chi connectivity index (χ4v) is 1.85. The second kappa shape index (κ2) is 6.03. The zero-order valence-electron chi connectivity index (χ0n) is 9.50. The summed E-state index contributed by atoms with van der Waals surface area (Å²) >= 11 is 11.6. The molecule has 0 amide bonds. The Morgan fingerprint density at radius 2 is 1.76 bits per heavy atom. The number of hydrogen-bond acceptors (Lipinski definition) is 3. The van der Waals surface area contributed by atoms with Crippen LogP contribution in [0.5, 0.6) is 0 Å². The molecule has 92 valence electrons. The number of Topliss-reactive ketones (excluding diaryl/α,β-unsaturated/α-hetero) is 1. The summed E-state index contributed by atoms with van der Waals surface area (Å²) in [5.41, 5.74) is 0.308. The Kier molecular flexibility index (Phi) is 4.97. The molecule has 1 unspecified atom stereocenters. The smallest absolute Gasteiger partial charge is 0.316 e. The first-order valence-electron chi connectivity index (χ1n) is 5.12. The van der Waals surface area contributed by atoms with Crippen LogP contribution in [0, 0.1) is 5.92 Å². The van der Waals surface area contributed by atoms with Gasteiger partial charge in [0.15, 0.2) is 5.78 Å². The normalized spacial score (nSPS) is 12.0. The third-order valence-electron chi connectivity index (χ3n) is 2.18. The lowest BCUT2D eigenvalue weighted by atomic mass is 9.99. The second-order valence-corrected chi connectivity index (χ2v) is 4.37. The summed E-state index contributed by atoms with van der Waals surface area (Å²) in [5, 5.41) is 0.716. The van der Waals surface area contributed by atoms with Gasteiger partial charge < -0.3 is 4.74 Å². The number of halogens is 2. The maximum Gasteiger partial charge on any atom is 0.316 e. The molecule has 5 heteroatoms. The van der Waals surface area contributed by atoms with Gasteiger partial charge in [-0.05, 0) is 32.0 Å². The molecule has 0 N–H and O–H groups in total. The predicted molar refractivity (Wildman–Crippen MR) is 66.6 cm³/mol. The van der Waals surface area contributed by atoms with Gasteiger partial charge in [-0.2, -0.15) is 0 Å². The van der Waals surface area contributed by atoms with E-state index in [-0.39, 0.29) is 12.4 Å². The molecule has 0 fully saturated rings. The third kappa shape index (κ3) is 3.72. The van der Waals surface area contributed by atoms with Crippen molar-refractivity contribution in [1.82, 2.24) is 0 Å². The van der Waals surface area contributed by atoms with Crippen LogP contribution in [-0.4, -0.2) is 18.4 Å². The van der Waals surface area contributed by atoms with Crippen LogP contribution in [0.25, 0.3) is 0 Å². The fraction of sp³-hybridized carbons (Fsp3) is 0.333. The van der Waals surface area contributed by atoms with Crippen LogP contribution in [0.1, 0.15) is 24.2 Å². The van der Waals surface area contributed by atoms with Gasteiger partial charge in [0, 0.05) is 15.6 Å². The standard InChI is InChI=1S/C12H12Cl2O3/c1-3-17-12(16)7(2)11(15)8-4-9(13)6-10(14)5-8/h4-7H,3H2,1-2H3. The van der Waals surface area contributed by atoms with E-state index in [1.54, 1.807) is 6.92 Å². The van der Waals surface area contributed by atoms with Crippen molar-refractivity contribution < 1.29 is 14.3 Å². The minimum atomic E-state index is -0.857. The molecule has 0 aromatic heterocycles. The number of benzene rings is 1. The summed E-state index contributed by atoms with van der Waals surface area (Å²) in [6.45, 7) is 3.42. The van der Waals surface area contributed by atoms with Crippen molar-refractivity contribution in [3.05, 3.63) is 33.8 Å². The number of carbonyl (C=O) groups is 2. The quantitative estimate of drug-likeness (QED) is 0.480. The molecule has 0 aliphatic carbocycles. The van der Waals surface area contributed by atoms with E-state index in [9.17, 15) is 9.59 Å². The van der Waals surface area contributed by atoms with E-state index >= 15 is 0 Å². The Labute approximate surface area is 110 Å². The Balaban J connectivity index is 2.92. The molecule has 0 saturated heterocycles. The molecular formula is C12H12Cl2O3. The number of hydrogen-bond donors (Lipinski definition) is 0. The number of carbonyl (C=O) groups excluding carboxylic acids is 2. The monoisotopic (exact) mass is 274 g/mol. The van der Waals surface area contributed by atoms with E-state index in [0.29, 0.717) is 15.6 Å². The molecule has 1 rings (SSSR count). The molecule has 0 saturated carbocycles. The average molecular weight is 275 g/mol. The maximum atomic E-state index is 11.9. The largest absolute Gasteiger partial charge is 0.465 e. The first-order chi connectivity index (χ1) is 7.95. The topological polar surface area (TPSA) is 43.4 Å². The minimum Gasteiger partial charge on any atom is -0.465 e. The summed E-state index contributed by atoms with van der Waals surface area (Å²) in [6, 6.07) is 4.48. The zero-order valence-corrected chi connectivity index (χ0v) is 11.0. The molecule has 1 aromatic rings. The summed E-state index contributed by atoms with van der Waals surface area (Å²) in [6.07, 6.45) is 0. The molecule has 17 heavy (non-hydrogen) atoms. The lowest BCUT2D eigenvalue weighted by Crippen LogP contribution is -2.23. The molecule has 0 heterocycles. The number of ether oxygens (including phenoxy) is 1. The van der Waals surface area contributed by atoms with Crippen LogP contribution >= 0.6 is 23.2 Å². The van der Waals surface area contributed by atoms with Crippen LogP contribution in [-0.2, 0) is 9.53 Å². The summed E-state index contributed by atoms with van der Waals surface area (Å²) in [7, 11) is 0. The van der Waals surface area contributed by atoms with Crippen LogP contribution in [0.3, 0.4) is 0 Å². The van der Waals surface area contributed by atoms with Gasteiger partial charge in [-0.3, -0.25) is 9.59 Å². The van der Waals surface area contributed by atoms with Gasteiger partial charge in [0.05, 0.1) is 6.61 Å². The number of ketones is 1. The second-order valence-electron chi connectivity index (χ2n) is 3.50. The van der Waals surface area contributed by atoms with Gasteiger partial charge in [-0.1, -0.05) is 23.2 Å². The van der Waals surface area contributed by atoms with E-state index in [4.69, 9.17) is 27.9 Å². The van der Waals surface area contributed by atoms with Gasteiger partial charge in [-0.25, -0.2) is 0 Å². The van der Waals surface area contributed by atoms with E-state index in [1.807, 2.05) is 0 Å². The first kappa shape index (κ1) is 14.0. The average Bonchev–Trinajstić information content (AvgIpc) is 2.26. The van der Waals surface area contributed by atoms with E-state index < -0.39 is 11.9 Å². The summed E-state index contributed by atoms with van der Waals surface area (Å²) in [5.74, 6) is -1.76. The molecule has 0 radical (unpaired) electrons. The Hall–Kier alpha value is -1.06. The van der Waals surface area contributed by atoms with Crippen molar-refractivity contribution in [3.8, 4) is 0 Å². The first-order valence-corrected chi connectivity index (χ1v) is 5.88. The molecule has 1 aromatic carbocycles. The van der Waals surface area contributed by atoms with Crippen molar-refractivity contribution in [2.75, 3.05) is 6.61 Å². The molecule has 0 aliphatic rings. The highest BCUT2D eigenvalue weighted by Crippen LogP contribution is 2.21. The van der Waals surface area contributed by atoms with Gasteiger partial charge >= 0.3 is 5.97 Å². The molecule has 0 bridgehead atoms. The molecule has 1 atom stereocenters. The zero-order chi connectivity index (χ0) is 13.0. The lowest BCUT2D eigenvalue weighted by molar-refractivity contribution is -0.145. The van der Waals surface area contributed by atoms with Gasteiger partial charge in [0.25, 0.3) is 0 Å². The fourth-order valence-electron chi connectivity index (χ4n) is 1.32. The van der Waals surface area contributed by atoms with Crippen LogP contribution < -0.4 is 0 Å². The number of esters is 1. The van der Waals surface area contributed by atoms with Gasteiger partial charge in [0.2, 0.25) is 0 Å². The van der Waals surface area contributed by atoms with Crippen molar-refractivity contribution >= 4 is 35.0 Å². The molecule has 0 spiro atoms.